The molecule has 2 aromatic carbocycles. The largest absolute Gasteiger partial charge is 0.478 e. The summed E-state index contributed by atoms with van der Waals surface area (Å²) in [5.41, 5.74) is 2.33. The molecule has 3 rings (SSSR count). The Balaban J connectivity index is 1.55. The maximum Gasteiger partial charge on any atom is 0.335 e. The highest BCUT2D eigenvalue weighted by Crippen LogP contribution is 2.21. The van der Waals surface area contributed by atoms with Crippen molar-refractivity contribution in [1.29, 1.82) is 0 Å². The topological polar surface area (TPSA) is 77.8 Å². The Hall–Kier alpha value is -2.92. The van der Waals surface area contributed by atoms with E-state index in [4.69, 9.17) is 5.11 Å². The van der Waals surface area contributed by atoms with Gasteiger partial charge in [0, 0.05) is 19.4 Å². The lowest BCUT2D eigenvalue weighted by Crippen LogP contribution is -2.33. The zero-order valence-electron chi connectivity index (χ0n) is 15.7. The van der Waals surface area contributed by atoms with Crippen LogP contribution in [0.4, 0.5) is 0 Å². The monoisotopic (exact) mass is 379 g/mol. The molecule has 2 aromatic rings. The zero-order valence-corrected chi connectivity index (χ0v) is 15.7. The second kappa shape index (κ2) is 9.33. The number of amides is 1. The first-order valence-electron chi connectivity index (χ1n) is 9.55. The number of hydrogen-bond acceptors (Lipinski definition) is 3. The number of aliphatic hydroxyl groups excluding tert-OH is 1. The molecular weight excluding hydrogens is 354 g/mol. The lowest BCUT2D eigenvalue weighted by Gasteiger charge is -2.23. The van der Waals surface area contributed by atoms with Crippen molar-refractivity contribution in [3.8, 4) is 0 Å². The minimum absolute atomic E-state index is 0.00350. The third-order valence-corrected chi connectivity index (χ3v) is 5.06. The molecule has 0 saturated carbocycles. The highest BCUT2D eigenvalue weighted by atomic mass is 16.4. The van der Waals surface area contributed by atoms with E-state index in [1.807, 2.05) is 41.3 Å². The summed E-state index contributed by atoms with van der Waals surface area (Å²) < 4.78 is 0. The van der Waals surface area contributed by atoms with Gasteiger partial charge in [0.1, 0.15) is 0 Å². The van der Waals surface area contributed by atoms with Crippen molar-refractivity contribution in [1.82, 2.24) is 4.90 Å². The maximum absolute atomic E-state index is 12.2. The second-order valence-electron chi connectivity index (χ2n) is 7.09. The van der Waals surface area contributed by atoms with Crippen LogP contribution in [0.2, 0.25) is 0 Å². The smallest absolute Gasteiger partial charge is 0.335 e. The van der Waals surface area contributed by atoms with E-state index in [0.29, 0.717) is 25.8 Å². The summed E-state index contributed by atoms with van der Waals surface area (Å²) in [6.45, 7) is 0.578. The summed E-state index contributed by atoms with van der Waals surface area (Å²) in [5.74, 6) is -0.824. The van der Waals surface area contributed by atoms with Crippen LogP contribution >= 0.6 is 0 Å². The van der Waals surface area contributed by atoms with Gasteiger partial charge in [0.15, 0.2) is 0 Å². The Kier molecular flexibility index (Phi) is 6.61. The summed E-state index contributed by atoms with van der Waals surface area (Å²) >= 11 is 0. The number of carbonyl (C=O) groups excluding carboxylic acids is 1. The van der Waals surface area contributed by atoms with Crippen LogP contribution in [-0.4, -0.2) is 45.7 Å². The Morgan fingerprint density at radius 3 is 2.50 bits per heavy atom. The van der Waals surface area contributed by atoms with Gasteiger partial charge >= 0.3 is 5.97 Å². The quantitative estimate of drug-likeness (QED) is 0.691. The number of carbonyl (C=O) groups is 2. The van der Waals surface area contributed by atoms with Gasteiger partial charge in [-0.15, -0.1) is 0 Å². The van der Waals surface area contributed by atoms with Gasteiger partial charge in [0.05, 0.1) is 17.7 Å². The van der Waals surface area contributed by atoms with E-state index in [-0.39, 0.29) is 17.5 Å². The average Bonchev–Trinajstić information content (AvgIpc) is 3.05. The summed E-state index contributed by atoms with van der Waals surface area (Å²) in [6.07, 6.45) is 5.63. The summed E-state index contributed by atoms with van der Waals surface area (Å²) in [6, 6.07) is 16.6. The van der Waals surface area contributed by atoms with Gasteiger partial charge in [-0.3, -0.25) is 4.79 Å². The van der Waals surface area contributed by atoms with Crippen LogP contribution in [-0.2, 0) is 17.6 Å². The fourth-order valence-electron chi connectivity index (χ4n) is 3.49. The number of nitrogens with zero attached hydrogens (tertiary/aromatic N) is 1. The zero-order chi connectivity index (χ0) is 19.9. The molecule has 2 atom stereocenters. The van der Waals surface area contributed by atoms with Crippen molar-refractivity contribution in [3.63, 3.8) is 0 Å². The Bertz CT molecular complexity index is 829. The van der Waals surface area contributed by atoms with Crippen LogP contribution in [0.15, 0.2) is 66.7 Å². The summed E-state index contributed by atoms with van der Waals surface area (Å²) in [4.78, 5) is 25.0. The normalized spacial score (nSPS) is 18.0. The van der Waals surface area contributed by atoms with Crippen molar-refractivity contribution in [2.75, 3.05) is 6.54 Å². The molecule has 2 unspecified atom stereocenters. The first-order chi connectivity index (χ1) is 13.5. The van der Waals surface area contributed by atoms with Crippen molar-refractivity contribution >= 4 is 11.9 Å². The number of aliphatic hydroxyl groups is 1. The molecule has 28 heavy (non-hydrogen) atoms. The van der Waals surface area contributed by atoms with E-state index in [1.54, 1.807) is 30.3 Å². The first kappa shape index (κ1) is 19.8. The van der Waals surface area contributed by atoms with Crippen molar-refractivity contribution < 1.29 is 19.8 Å². The van der Waals surface area contributed by atoms with Crippen LogP contribution in [0.3, 0.4) is 0 Å². The molecule has 146 valence electrons. The van der Waals surface area contributed by atoms with Gasteiger partial charge in [-0.25, -0.2) is 4.79 Å². The van der Waals surface area contributed by atoms with Crippen LogP contribution in [0.5, 0.6) is 0 Å². The predicted octanol–water partition coefficient (Wildman–Crippen LogP) is 3.08. The lowest BCUT2D eigenvalue weighted by atomic mass is 10.1. The van der Waals surface area contributed by atoms with E-state index >= 15 is 0 Å². The maximum atomic E-state index is 12.2. The third kappa shape index (κ3) is 5.30. The molecule has 0 radical (unpaired) electrons. The standard InChI is InChI=1S/C23H25NO4/c25-21(16-18-4-2-1-3-5-18)12-10-20-11-13-22(26)24(20)15-14-17-6-8-19(9-7-17)23(27)28/h1-10,12,20-21,25H,11,13-16H2,(H,27,28)/b12-10+. The fraction of sp³-hybridized carbons (Fsp3) is 0.304. The highest BCUT2D eigenvalue weighted by molar-refractivity contribution is 5.87. The lowest BCUT2D eigenvalue weighted by molar-refractivity contribution is -0.128. The van der Waals surface area contributed by atoms with E-state index < -0.39 is 12.1 Å². The van der Waals surface area contributed by atoms with Gasteiger partial charge in [0.25, 0.3) is 0 Å². The minimum Gasteiger partial charge on any atom is -0.478 e. The fourth-order valence-corrected chi connectivity index (χ4v) is 3.49. The minimum atomic E-state index is -0.944. The molecule has 1 heterocycles. The molecule has 0 aromatic heterocycles. The Morgan fingerprint density at radius 2 is 1.82 bits per heavy atom. The molecule has 1 fully saturated rings. The molecule has 5 heteroatoms. The number of hydrogen-bond donors (Lipinski definition) is 2. The molecule has 2 N–H and O–H groups in total. The Labute approximate surface area is 164 Å². The summed E-state index contributed by atoms with van der Waals surface area (Å²) in [7, 11) is 0. The number of rotatable bonds is 8. The molecule has 0 bridgehead atoms. The highest BCUT2D eigenvalue weighted by Gasteiger charge is 2.28. The number of aromatic carboxylic acids is 1. The molecule has 1 aliphatic rings. The number of carboxylic acid groups (broad SMARTS) is 1. The molecule has 1 saturated heterocycles. The van der Waals surface area contributed by atoms with Crippen LogP contribution < -0.4 is 0 Å². The number of benzene rings is 2. The summed E-state index contributed by atoms with van der Waals surface area (Å²) in [5, 5.41) is 19.2. The molecule has 1 amide bonds. The predicted molar refractivity (Wildman–Crippen MR) is 107 cm³/mol. The van der Waals surface area contributed by atoms with Gasteiger partial charge in [-0.2, -0.15) is 0 Å². The SMILES string of the molecule is O=C(O)c1ccc(CCN2C(=O)CCC2/C=C/C(O)Cc2ccccc2)cc1. The van der Waals surface area contributed by atoms with Crippen LogP contribution in [0.1, 0.15) is 34.3 Å². The van der Waals surface area contributed by atoms with Gasteiger partial charge in [-0.1, -0.05) is 54.6 Å². The number of likely N-dealkylation sites (tertiary alicyclic amines) is 1. The Morgan fingerprint density at radius 1 is 1.11 bits per heavy atom. The van der Waals surface area contributed by atoms with Gasteiger partial charge in [-0.05, 0) is 36.1 Å². The van der Waals surface area contributed by atoms with Crippen molar-refractivity contribution in [3.05, 3.63) is 83.4 Å². The first-order valence-corrected chi connectivity index (χ1v) is 9.55. The van der Waals surface area contributed by atoms with Gasteiger partial charge < -0.3 is 15.1 Å². The average molecular weight is 379 g/mol. The van der Waals surface area contributed by atoms with Gasteiger partial charge in [0.2, 0.25) is 5.91 Å². The molecule has 0 aliphatic carbocycles. The van der Waals surface area contributed by atoms with E-state index in [1.165, 1.54) is 0 Å². The second-order valence-corrected chi connectivity index (χ2v) is 7.09. The van der Waals surface area contributed by atoms with E-state index in [0.717, 1.165) is 17.5 Å². The molecular formula is C23H25NO4. The van der Waals surface area contributed by atoms with Crippen molar-refractivity contribution in [2.45, 2.75) is 37.8 Å². The molecule has 0 spiro atoms. The van der Waals surface area contributed by atoms with E-state index in [2.05, 4.69) is 0 Å². The van der Waals surface area contributed by atoms with Crippen molar-refractivity contribution in [2.24, 2.45) is 0 Å². The van der Waals surface area contributed by atoms with Crippen LogP contribution in [0.25, 0.3) is 0 Å². The third-order valence-electron chi connectivity index (χ3n) is 5.06. The number of carboxylic acids is 1. The molecule has 1 aliphatic heterocycles. The van der Waals surface area contributed by atoms with Crippen LogP contribution in [0, 0.1) is 0 Å². The van der Waals surface area contributed by atoms with E-state index in [9.17, 15) is 14.7 Å². The molecule has 5 nitrogen and oxygen atoms in total.